The van der Waals surface area contributed by atoms with Crippen LogP contribution in [0.5, 0.6) is 0 Å². The maximum Gasteiger partial charge on any atom is 0.0547 e. The van der Waals surface area contributed by atoms with Crippen LogP contribution in [0, 0.1) is 29.6 Å². The molecule has 1 aliphatic carbocycles. The first-order valence-electron chi connectivity index (χ1n) is 11.0. The fourth-order valence-electron chi connectivity index (χ4n) is 5.50. The van der Waals surface area contributed by atoms with Gasteiger partial charge in [-0.3, -0.25) is 0 Å². The van der Waals surface area contributed by atoms with E-state index in [1.165, 1.54) is 31.2 Å². The number of fused-ring (bicyclic) bond motifs is 1. The molecule has 152 valence electrons. The lowest BCUT2D eigenvalue weighted by Gasteiger charge is -2.47. The summed E-state index contributed by atoms with van der Waals surface area (Å²) < 4.78 is 6.12. The molecular formula is C24H38NO2-. The molecule has 0 amide bonds. The second kappa shape index (κ2) is 9.54. The van der Waals surface area contributed by atoms with E-state index in [2.05, 4.69) is 45.0 Å². The maximum absolute atomic E-state index is 13.1. The van der Waals surface area contributed by atoms with Crippen LogP contribution in [0.2, 0.25) is 0 Å². The molecular weight excluding hydrogens is 334 g/mol. The van der Waals surface area contributed by atoms with Crippen molar-refractivity contribution in [3.63, 3.8) is 0 Å². The summed E-state index contributed by atoms with van der Waals surface area (Å²) in [7, 11) is 0. The second-order valence-electron chi connectivity index (χ2n) is 9.22. The molecule has 1 aromatic rings. The maximum atomic E-state index is 13.1. The molecule has 0 aromatic heterocycles. The highest BCUT2D eigenvalue weighted by Crippen LogP contribution is 2.46. The predicted octanol–water partition coefficient (Wildman–Crippen LogP) is 3.92. The topological polar surface area (TPSA) is 58.3 Å². The largest absolute Gasteiger partial charge is 0.852 e. The molecule has 2 fully saturated rings. The van der Waals surface area contributed by atoms with Gasteiger partial charge in [-0.05, 0) is 67.4 Å². The fourth-order valence-corrected chi connectivity index (χ4v) is 5.50. The third-order valence-corrected chi connectivity index (χ3v) is 7.50. The lowest BCUT2D eigenvalue weighted by molar-refractivity contribution is -0.438. The van der Waals surface area contributed by atoms with E-state index in [0.29, 0.717) is 24.5 Å². The molecule has 2 unspecified atom stereocenters. The zero-order valence-corrected chi connectivity index (χ0v) is 17.4. The van der Waals surface area contributed by atoms with Crippen molar-refractivity contribution in [3.8, 4) is 0 Å². The summed E-state index contributed by atoms with van der Waals surface area (Å²) in [5.41, 5.74) is 8.07. The van der Waals surface area contributed by atoms with Crippen molar-refractivity contribution < 1.29 is 9.84 Å². The van der Waals surface area contributed by atoms with Gasteiger partial charge in [0.2, 0.25) is 0 Å². The van der Waals surface area contributed by atoms with Gasteiger partial charge in [0.1, 0.15) is 0 Å². The van der Waals surface area contributed by atoms with Crippen LogP contribution in [0.25, 0.3) is 0 Å². The third-order valence-electron chi connectivity index (χ3n) is 7.50. The number of rotatable bonds is 6. The van der Waals surface area contributed by atoms with Crippen molar-refractivity contribution in [2.75, 3.05) is 6.61 Å². The van der Waals surface area contributed by atoms with Gasteiger partial charge in [-0.1, -0.05) is 56.9 Å². The van der Waals surface area contributed by atoms with Gasteiger partial charge in [0, 0.05) is 6.54 Å². The smallest absolute Gasteiger partial charge is 0.0547 e. The van der Waals surface area contributed by atoms with Crippen LogP contribution in [0.1, 0.15) is 64.0 Å². The van der Waals surface area contributed by atoms with Gasteiger partial charge in [-0.2, -0.15) is 0 Å². The Morgan fingerprint density at radius 2 is 1.74 bits per heavy atom. The summed E-state index contributed by atoms with van der Waals surface area (Å²) in [4.78, 5) is 0. The van der Waals surface area contributed by atoms with E-state index in [1.54, 1.807) is 0 Å². The molecule has 3 heteroatoms. The van der Waals surface area contributed by atoms with E-state index in [-0.39, 0.29) is 5.92 Å². The van der Waals surface area contributed by atoms with Crippen molar-refractivity contribution >= 4 is 0 Å². The Balaban J connectivity index is 1.59. The van der Waals surface area contributed by atoms with E-state index >= 15 is 0 Å². The van der Waals surface area contributed by atoms with Crippen molar-refractivity contribution in [1.82, 2.24) is 0 Å². The molecule has 1 saturated carbocycles. The van der Waals surface area contributed by atoms with Gasteiger partial charge in [-0.15, -0.1) is 6.10 Å². The Kier molecular flexibility index (Phi) is 7.35. The van der Waals surface area contributed by atoms with Crippen molar-refractivity contribution in [2.24, 2.45) is 35.3 Å². The van der Waals surface area contributed by atoms with Gasteiger partial charge in [0.05, 0.1) is 12.7 Å². The zero-order chi connectivity index (χ0) is 19.4. The molecule has 1 saturated heterocycles. The summed E-state index contributed by atoms with van der Waals surface area (Å²) in [6, 6.07) is 8.41. The number of hydrogen-bond acceptors (Lipinski definition) is 3. The summed E-state index contributed by atoms with van der Waals surface area (Å²) in [6.45, 7) is 8.26. The molecule has 1 aliphatic heterocycles. The molecule has 0 bridgehead atoms. The first-order valence-corrected chi connectivity index (χ1v) is 11.0. The molecule has 7 atom stereocenters. The van der Waals surface area contributed by atoms with Gasteiger partial charge in [0.15, 0.2) is 0 Å². The summed E-state index contributed by atoms with van der Waals surface area (Å²) in [6.07, 6.45) is 6.40. The normalized spacial score (nSPS) is 33.7. The Morgan fingerprint density at radius 3 is 2.44 bits per heavy atom. The lowest BCUT2D eigenvalue weighted by Crippen LogP contribution is -2.45. The Bertz CT molecular complexity index is 572. The quantitative estimate of drug-likeness (QED) is 0.823. The van der Waals surface area contributed by atoms with Crippen LogP contribution < -0.4 is 10.8 Å². The van der Waals surface area contributed by atoms with Crippen molar-refractivity contribution in [3.05, 3.63) is 35.4 Å². The predicted molar refractivity (Wildman–Crippen MR) is 109 cm³/mol. The zero-order valence-electron chi connectivity index (χ0n) is 17.4. The molecule has 2 N–H and O–H groups in total. The number of hydrogen-bond donors (Lipinski definition) is 1. The molecule has 27 heavy (non-hydrogen) atoms. The summed E-state index contributed by atoms with van der Waals surface area (Å²) in [5, 5.41) is 13.1. The van der Waals surface area contributed by atoms with E-state index < -0.39 is 6.10 Å². The Morgan fingerprint density at radius 1 is 1.04 bits per heavy atom. The highest BCUT2D eigenvalue weighted by molar-refractivity contribution is 5.22. The molecule has 1 heterocycles. The monoisotopic (exact) mass is 372 g/mol. The minimum Gasteiger partial charge on any atom is -0.852 e. The van der Waals surface area contributed by atoms with Gasteiger partial charge < -0.3 is 15.6 Å². The van der Waals surface area contributed by atoms with Crippen LogP contribution >= 0.6 is 0 Å². The van der Waals surface area contributed by atoms with E-state index in [4.69, 9.17) is 10.5 Å². The average Bonchev–Trinajstić information content (AvgIpc) is 2.89. The molecule has 2 aliphatic rings. The second-order valence-corrected chi connectivity index (χ2v) is 9.22. The fraction of sp³-hybridized carbons (Fsp3) is 0.750. The van der Waals surface area contributed by atoms with Gasteiger partial charge in [-0.25, -0.2) is 0 Å². The molecule has 3 nitrogen and oxygen atoms in total. The number of aryl methyl sites for hydroxylation is 1. The van der Waals surface area contributed by atoms with Crippen molar-refractivity contribution in [2.45, 2.75) is 78.0 Å². The van der Waals surface area contributed by atoms with Crippen LogP contribution in [0.4, 0.5) is 0 Å². The minimum absolute atomic E-state index is 0.227. The first kappa shape index (κ1) is 20.8. The van der Waals surface area contributed by atoms with E-state index in [9.17, 15) is 5.11 Å². The highest BCUT2D eigenvalue weighted by atomic mass is 16.5. The Labute approximate surface area is 165 Å². The molecule has 0 spiro atoms. The Hall–Kier alpha value is -0.900. The van der Waals surface area contributed by atoms with Crippen LogP contribution in [-0.2, 0) is 17.7 Å². The number of ether oxygens (including phenoxy) is 1. The molecule has 3 rings (SSSR count). The summed E-state index contributed by atoms with van der Waals surface area (Å²) in [5.74, 6) is 2.85. The van der Waals surface area contributed by atoms with Gasteiger partial charge >= 0.3 is 0 Å². The number of benzene rings is 1. The molecule has 1 aromatic carbocycles. The highest BCUT2D eigenvalue weighted by Gasteiger charge is 2.41. The lowest BCUT2D eigenvalue weighted by atomic mass is 9.62. The standard InChI is InChI=1S/C24H38NO2/c1-16-4-11-22(23-15-27-17(2)5-12-21(16)23)18(3)24(26)13-10-19-6-8-20(14-25)9-7-19/h6-9,16-18,21-24H,4-5,10-15,25H2,1-3H3/q-1/t16-,17?,18-,21+,22+,23?,24-/m1/s1. The first-order chi connectivity index (χ1) is 13.0. The SMILES string of the molecule is CC1CC[C@@H]2C(CO1)[C@H]([C@@H](C)[C@H]([O-])CCc1ccc(CN)cc1)CC[C@H]2C. The van der Waals surface area contributed by atoms with Crippen LogP contribution in [0.3, 0.4) is 0 Å². The molecule has 0 radical (unpaired) electrons. The average molecular weight is 373 g/mol. The minimum atomic E-state index is -0.487. The summed E-state index contributed by atoms with van der Waals surface area (Å²) >= 11 is 0. The third kappa shape index (κ3) is 5.13. The number of nitrogens with two attached hydrogens (primary N) is 1. The van der Waals surface area contributed by atoms with E-state index in [1.807, 2.05) is 0 Å². The van der Waals surface area contributed by atoms with Crippen LogP contribution in [-0.4, -0.2) is 18.8 Å². The van der Waals surface area contributed by atoms with Gasteiger partial charge in [0.25, 0.3) is 0 Å². The van der Waals surface area contributed by atoms with Crippen LogP contribution in [0.15, 0.2) is 24.3 Å². The van der Waals surface area contributed by atoms with E-state index in [0.717, 1.165) is 36.8 Å². The van der Waals surface area contributed by atoms with Crippen molar-refractivity contribution in [1.29, 1.82) is 0 Å².